The Bertz CT molecular complexity index is 534. The van der Waals surface area contributed by atoms with Gasteiger partial charge in [0.25, 0.3) is 0 Å². The first-order valence-corrected chi connectivity index (χ1v) is 8.72. The Morgan fingerprint density at radius 2 is 2.38 bits per heavy atom. The SMILES string of the molecule is CCn1ccc(CNC2CCCN(Cc3cccs3)C2)n1. The van der Waals surface area contributed by atoms with E-state index in [9.17, 15) is 0 Å². The second-order valence-electron chi connectivity index (χ2n) is 5.70. The van der Waals surface area contributed by atoms with Crippen LogP contribution in [0.4, 0.5) is 0 Å². The molecule has 0 aromatic carbocycles. The second-order valence-corrected chi connectivity index (χ2v) is 6.73. The second kappa shape index (κ2) is 7.20. The first-order chi connectivity index (χ1) is 10.3. The number of piperidine rings is 1. The Hall–Kier alpha value is -1.17. The summed E-state index contributed by atoms with van der Waals surface area (Å²) in [5.74, 6) is 0. The third-order valence-electron chi connectivity index (χ3n) is 4.06. The molecule has 5 heteroatoms. The van der Waals surface area contributed by atoms with E-state index < -0.39 is 0 Å². The van der Waals surface area contributed by atoms with E-state index in [1.54, 1.807) is 0 Å². The van der Waals surface area contributed by atoms with Crippen LogP contribution in [0.2, 0.25) is 0 Å². The minimum atomic E-state index is 0.588. The first kappa shape index (κ1) is 14.8. The normalized spacial score (nSPS) is 20.0. The van der Waals surface area contributed by atoms with E-state index in [1.165, 1.54) is 24.3 Å². The number of nitrogens with zero attached hydrogens (tertiary/aromatic N) is 3. The maximum absolute atomic E-state index is 4.54. The van der Waals surface area contributed by atoms with Gasteiger partial charge in [0.05, 0.1) is 5.69 Å². The van der Waals surface area contributed by atoms with Crippen molar-refractivity contribution in [1.29, 1.82) is 0 Å². The number of hydrogen-bond acceptors (Lipinski definition) is 4. The van der Waals surface area contributed by atoms with Gasteiger partial charge >= 0.3 is 0 Å². The predicted molar refractivity (Wildman–Crippen MR) is 87.4 cm³/mol. The van der Waals surface area contributed by atoms with Crippen LogP contribution in [-0.2, 0) is 19.6 Å². The summed E-state index contributed by atoms with van der Waals surface area (Å²) in [7, 11) is 0. The number of likely N-dealkylation sites (tertiary alicyclic amines) is 1. The van der Waals surface area contributed by atoms with Gasteiger partial charge in [0, 0.05) is 43.3 Å². The Morgan fingerprint density at radius 1 is 1.43 bits per heavy atom. The summed E-state index contributed by atoms with van der Waals surface area (Å²) in [5, 5.41) is 10.4. The largest absolute Gasteiger partial charge is 0.307 e. The first-order valence-electron chi connectivity index (χ1n) is 7.84. The number of thiophene rings is 1. The van der Waals surface area contributed by atoms with Crippen LogP contribution in [0.25, 0.3) is 0 Å². The molecule has 114 valence electrons. The molecule has 1 aliphatic heterocycles. The fourth-order valence-corrected chi connectivity index (χ4v) is 3.66. The standard InChI is InChI=1S/C16H24N4S/c1-2-20-9-7-14(18-20)11-17-15-5-3-8-19(12-15)13-16-6-4-10-21-16/h4,6-7,9-10,15,17H,2-3,5,8,11-13H2,1H3. The van der Waals surface area contributed by atoms with Crippen LogP contribution < -0.4 is 5.32 Å². The van der Waals surface area contributed by atoms with E-state index in [2.05, 4.69) is 52.0 Å². The summed E-state index contributed by atoms with van der Waals surface area (Å²) in [6.45, 7) is 7.41. The molecule has 21 heavy (non-hydrogen) atoms. The van der Waals surface area contributed by atoms with Gasteiger partial charge in [0.2, 0.25) is 0 Å². The molecule has 3 rings (SSSR count). The Balaban J connectivity index is 1.47. The van der Waals surface area contributed by atoms with Crippen molar-refractivity contribution in [3.8, 4) is 0 Å². The van der Waals surface area contributed by atoms with Gasteiger partial charge in [-0.2, -0.15) is 5.10 Å². The van der Waals surface area contributed by atoms with Crippen molar-refractivity contribution in [2.75, 3.05) is 13.1 Å². The molecule has 1 saturated heterocycles. The Morgan fingerprint density at radius 3 is 3.14 bits per heavy atom. The highest BCUT2D eigenvalue weighted by Gasteiger charge is 2.19. The minimum Gasteiger partial charge on any atom is -0.307 e. The summed E-state index contributed by atoms with van der Waals surface area (Å²) < 4.78 is 1.99. The van der Waals surface area contributed by atoms with E-state index in [4.69, 9.17) is 0 Å². The van der Waals surface area contributed by atoms with Gasteiger partial charge in [0.1, 0.15) is 0 Å². The van der Waals surface area contributed by atoms with Gasteiger partial charge in [-0.05, 0) is 43.8 Å². The molecule has 1 N–H and O–H groups in total. The van der Waals surface area contributed by atoms with Gasteiger partial charge in [-0.3, -0.25) is 9.58 Å². The molecule has 1 atom stereocenters. The Labute approximate surface area is 130 Å². The van der Waals surface area contributed by atoms with Crippen LogP contribution in [0.15, 0.2) is 29.8 Å². The fraction of sp³-hybridized carbons (Fsp3) is 0.562. The molecular formula is C16H24N4S. The average Bonchev–Trinajstić information content (AvgIpc) is 3.17. The lowest BCUT2D eigenvalue weighted by molar-refractivity contribution is 0.184. The maximum Gasteiger partial charge on any atom is 0.0762 e. The molecule has 0 saturated carbocycles. The quantitative estimate of drug-likeness (QED) is 0.891. The zero-order valence-corrected chi connectivity index (χ0v) is 13.5. The lowest BCUT2D eigenvalue weighted by atomic mass is 10.1. The molecule has 0 spiro atoms. The van der Waals surface area contributed by atoms with Crippen molar-refractivity contribution in [1.82, 2.24) is 20.0 Å². The number of aromatic nitrogens is 2. The van der Waals surface area contributed by atoms with E-state index in [1.807, 2.05) is 16.0 Å². The van der Waals surface area contributed by atoms with Crippen LogP contribution in [0.1, 0.15) is 30.3 Å². The molecule has 1 fully saturated rings. The van der Waals surface area contributed by atoms with Crippen molar-refractivity contribution in [2.45, 2.75) is 45.4 Å². The molecule has 3 heterocycles. The van der Waals surface area contributed by atoms with E-state index in [-0.39, 0.29) is 0 Å². The smallest absolute Gasteiger partial charge is 0.0762 e. The van der Waals surface area contributed by atoms with Crippen molar-refractivity contribution in [3.63, 3.8) is 0 Å². The zero-order valence-electron chi connectivity index (χ0n) is 12.7. The number of rotatable bonds is 6. The van der Waals surface area contributed by atoms with Crippen LogP contribution >= 0.6 is 11.3 Å². The zero-order chi connectivity index (χ0) is 14.5. The highest BCUT2D eigenvalue weighted by Crippen LogP contribution is 2.17. The summed E-state index contributed by atoms with van der Waals surface area (Å²) in [6, 6.07) is 7.08. The van der Waals surface area contributed by atoms with Gasteiger partial charge in [-0.1, -0.05) is 6.07 Å². The molecule has 0 aliphatic carbocycles. The summed E-state index contributed by atoms with van der Waals surface area (Å²) in [6.07, 6.45) is 4.61. The van der Waals surface area contributed by atoms with Gasteiger partial charge in [-0.25, -0.2) is 0 Å². The van der Waals surface area contributed by atoms with Crippen LogP contribution in [-0.4, -0.2) is 33.8 Å². The topological polar surface area (TPSA) is 33.1 Å². The Kier molecular flexibility index (Phi) is 5.06. The lowest BCUT2D eigenvalue weighted by Gasteiger charge is -2.32. The minimum absolute atomic E-state index is 0.588. The third kappa shape index (κ3) is 4.15. The van der Waals surface area contributed by atoms with E-state index in [0.29, 0.717) is 6.04 Å². The van der Waals surface area contributed by atoms with Crippen molar-refractivity contribution in [2.24, 2.45) is 0 Å². The van der Waals surface area contributed by atoms with Gasteiger partial charge < -0.3 is 5.32 Å². The number of nitrogens with one attached hydrogen (secondary N) is 1. The summed E-state index contributed by atoms with van der Waals surface area (Å²) >= 11 is 1.86. The monoisotopic (exact) mass is 304 g/mol. The van der Waals surface area contributed by atoms with E-state index in [0.717, 1.165) is 31.9 Å². The van der Waals surface area contributed by atoms with Crippen LogP contribution in [0.5, 0.6) is 0 Å². The number of hydrogen-bond donors (Lipinski definition) is 1. The lowest BCUT2D eigenvalue weighted by Crippen LogP contribution is -2.44. The molecule has 1 aliphatic rings. The summed E-state index contributed by atoms with van der Waals surface area (Å²) in [5.41, 5.74) is 1.15. The van der Waals surface area contributed by atoms with Gasteiger partial charge in [-0.15, -0.1) is 11.3 Å². The predicted octanol–water partition coefficient (Wildman–Crippen LogP) is 2.72. The molecule has 4 nitrogen and oxygen atoms in total. The molecule has 2 aromatic heterocycles. The van der Waals surface area contributed by atoms with Crippen molar-refractivity contribution in [3.05, 3.63) is 40.3 Å². The third-order valence-corrected chi connectivity index (χ3v) is 4.92. The highest BCUT2D eigenvalue weighted by atomic mass is 32.1. The van der Waals surface area contributed by atoms with Gasteiger partial charge in [0.15, 0.2) is 0 Å². The number of aryl methyl sites for hydroxylation is 1. The molecule has 0 bridgehead atoms. The summed E-state index contributed by atoms with van der Waals surface area (Å²) in [4.78, 5) is 4.04. The molecule has 1 unspecified atom stereocenters. The van der Waals surface area contributed by atoms with Crippen LogP contribution in [0, 0.1) is 0 Å². The van der Waals surface area contributed by atoms with Crippen molar-refractivity contribution >= 4 is 11.3 Å². The molecule has 2 aromatic rings. The van der Waals surface area contributed by atoms with Crippen LogP contribution in [0.3, 0.4) is 0 Å². The van der Waals surface area contributed by atoms with E-state index >= 15 is 0 Å². The molecule has 0 amide bonds. The molecular weight excluding hydrogens is 280 g/mol. The molecule has 0 radical (unpaired) electrons. The van der Waals surface area contributed by atoms with Crippen molar-refractivity contribution < 1.29 is 0 Å². The maximum atomic E-state index is 4.54. The fourth-order valence-electron chi connectivity index (χ4n) is 2.91. The highest BCUT2D eigenvalue weighted by molar-refractivity contribution is 7.09. The average molecular weight is 304 g/mol.